The van der Waals surface area contributed by atoms with Crippen LogP contribution < -0.4 is 15.4 Å². The van der Waals surface area contributed by atoms with Gasteiger partial charge in [0.2, 0.25) is 0 Å². The fourth-order valence-electron chi connectivity index (χ4n) is 4.31. The van der Waals surface area contributed by atoms with E-state index in [1.807, 2.05) is 31.2 Å². The van der Waals surface area contributed by atoms with E-state index in [1.54, 1.807) is 24.1 Å². The highest BCUT2D eigenvalue weighted by Gasteiger charge is 2.27. The highest BCUT2D eigenvalue weighted by Crippen LogP contribution is 2.31. The van der Waals surface area contributed by atoms with Crippen molar-refractivity contribution >= 4 is 27.6 Å². The number of hydrogen-bond donors (Lipinski definition) is 2. The topological polar surface area (TPSA) is 118 Å². The van der Waals surface area contributed by atoms with Gasteiger partial charge in [-0.2, -0.15) is 0 Å². The third-order valence-electron chi connectivity index (χ3n) is 6.19. The Morgan fingerprint density at radius 3 is 2.53 bits per heavy atom. The van der Waals surface area contributed by atoms with Crippen molar-refractivity contribution in [1.29, 1.82) is 0 Å². The van der Waals surface area contributed by atoms with Crippen LogP contribution in [0.3, 0.4) is 0 Å². The highest BCUT2D eigenvalue weighted by atomic mass is 32.2. The number of urea groups is 1. The van der Waals surface area contributed by atoms with Crippen LogP contribution in [0.4, 0.5) is 15.0 Å². The van der Waals surface area contributed by atoms with Crippen molar-refractivity contribution in [2.45, 2.75) is 31.7 Å². The predicted molar refractivity (Wildman–Crippen MR) is 141 cm³/mol. The molecule has 2 heterocycles. The molecule has 4 rings (SSSR count). The summed E-state index contributed by atoms with van der Waals surface area (Å²) in [4.78, 5) is 30.7. The standard InChI is InChI=1S/C27H29FN4O5S/c1-4-20-21(8-10-23(25(20)28)38(3,35)36)26(33)32-12-13-37-22-9-6-17(14-19(22)16-32)18-7-11-24(30-15-18)31-27(34)29-5-2/h6-11,14-15H,4-5,12-13,16H2,1-3H3,(H2,29,30,31,34). The molecule has 9 nitrogen and oxygen atoms in total. The molecule has 11 heteroatoms. The lowest BCUT2D eigenvalue weighted by molar-refractivity contribution is 0.0731. The summed E-state index contributed by atoms with van der Waals surface area (Å²) >= 11 is 0. The van der Waals surface area contributed by atoms with Crippen molar-refractivity contribution in [2.24, 2.45) is 0 Å². The third kappa shape index (κ3) is 5.77. The Hall–Kier alpha value is -3.99. The van der Waals surface area contributed by atoms with Gasteiger partial charge in [-0.05, 0) is 55.3 Å². The molecule has 0 aliphatic carbocycles. The van der Waals surface area contributed by atoms with E-state index < -0.39 is 26.5 Å². The highest BCUT2D eigenvalue weighted by molar-refractivity contribution is 7.90. The number of carbonyl (C=O) groups is 2. The van der Waals surface area contributed by atoms with Gasteiger partial charge in [0.05, 0.1) is 6.54 Å². The maximum Gasteiger partial charge on any atom is 0.320 e. The second kappa shape index (κ2) is 11.2. The summed E-state index contributed by atoms with van der Waals surface area (Å²) in [5.41, 5.74) is 2.63. The molecule has 200 valence electrons. The van der Waals surface area contributed by atoms with Gasteiger partial charge in [-0.25, -0.2) is 22.6 Å². The number of aromatic nitrogens is 1. The van der Waals surface area contributed by atoms with Crippen molar-refractivity contribution in [2.75, 3.05) is 31.3 Å². The molecule has 0 bridgehead atoms. The zero-order valence-corrected chi connectivity index (χ0v) is 22.2. The number of benzene rings is 2. The number of amides is 3. The molecule has 1 aliphatic heterocycles. The zero-order chi connectivity index (χ0) is 27.4. The zero-order valence-electron chi connectivity index (χ0n) is 21.4. The molecule has 0 atom stereocenters. The van der Waals surface area contributed by atoms with Gasteiger partial charge >= 0.3 is 6.03 Å². The van der Waals surface area contributed by atoms with Crippen LogP contribution in [0, 0.1) is 5.82 Å². The van der Waals surface area contributed by atoms with Gasteiger partial charge in [-0.3, -0.25) is 10.1 Å². The van der Waals surface area contributed by atoms with E-state index in [1.165, 1.54) is 6.07 Å². The number of sulfone groups is 1. The van der Waals surface area contributed by atoms with Crippen LogP contribution in [-0.2, 0) is 22.8 Å². The molecule has 1 aromatic heterocycles. The number of pyridine rings is 1. The summed E-state index contributed by atoms with van der Waals surface area (Å²) in [6, 6.07) is 11.3. The molecule has 3 amide bonds. The first-order valence-corrected chi connectivity index (χ1v) is 14.1. The number of hydrogen-bond acceptors (Lipinski definition) is 6. The largest absolute Gasteiger partial charge is 0.491 e. The number of ether oxygens (including phenoxy) is 1. The first-order valence-electron chi connectivity index (χ1n) is 12.2. The minimum Gasteiger partial charge on any atom is -0.491 e. The maximum absolute atomic E-state index is 15.0. The third-order valence-corrected chi connectivity index (χ3v) is 7.31. The maximum atomic E-state index is 15.0. The number of nitrogens with zero attached hydrogens (tertiary/aromatic N) is 2. The minimum absolute atomic E-state index is 0.0736. The smallest absolute Gasteiger partial charge is 0.320 e. The number of nitrogens with one attached hydrogen (secondary N) is 2. The molecule has 3 aromatic rings. The molecular weight excluding hydrogens is 511 g/mol. The van der Waals surface area contributed by atoms with Gasteiger partial charge in [0.25, 0.3) is 5.91 Å². The normalized spacial score (nSPS) is 13.2. The van der Waals surface area contributed by atoms with Gasteiger partial charge in [0.15, 0.2) is 9.84 Å². The van der Waals surface area contributed by atoms with Crippen LogP contribution in [0.25, 0.3) is 11.1 Å². The second-order valence-corrected chi connectivity index (χ2v) is 10.8. The van der Waals surface area contributed by atoms with Crippen LogP contribution in [0.5, 0.6) is 5.75 Å². The monoisotopic (exact) mass is 540 g/mol. The van der Waals surface area contributed by atoms with Crippen LogP contribution in [-0.4, -0.2) is 56.2 Å². The fraction of sp³-hybridized carbons (Fsp3) is 0.296. The summed E-state index contributed by atoms with van der Waals surface area (Å²) in [7, 11) is -3.77. The molecule has 0 spiro atoms. The van der Waals surface area contributed by atoms with Crippen LogP contribution in [0.15, 0.2) is 53.6 Å². The first kappa shape index (κ1) is 27.1. The van der Waals surface area contributed by atoms with E-state index >= 15 is 4.39 Å². The van der Waals surface area contributed by atoms with Gasteiger partial charge in [0, 0.05) is 47.8 Å². The van der Waals surface area contributed by atoms with E-state index in [-0.39, 0.29) is 43.3 Å². The predicted octanol–water partition coefficient (Wildman–Crippen LogP) is 4.03. The lowest BCUT2D eigenvalue weighted by Gasteiger charge is -2.22. The van der Waals surface area contributed by atoms with Crippen LogP contribution in [0.2, 0.25) is 0 Å². The number of anilines is 1. The molecule has 1 aliphatic rings. The van der Waals surface area contributed by atoms with Gasteiger partial charge in [-0.15, -0.1) is 0 Å². The molecule has 2 aromatic carbocycles. The first-order chi connectivity index (χ1) is 18.1. The number of rotatable bonds is 6. The molecule has 0 unspecified atom stereocenters. The van der Waals surface area contributed by atoms with Crippen molar-refractivity contribution in [3.05, 3.63) is 71.2 Å². The average Bonchev–Trinajstić information content (AvgIpc) is 3.10. The minimum atomic E-state index is -3.77. The van der Waals surface area contributed by atoms with Crippen LogP contribution in [0.1, 0.15) is 35.3 Å². The number of halogens is 1. The lowest BCUT2D eigenvalue weighted by atomic mass is 10.0. The second-order valence-electron chi connectivity index (χ2n) is 8.84. The van der Waals surface area contributed by atoms with Gasteiger partial charge in [-0.1, -0.05) is 13.0 Å². The fourth-order valence-corrected chi connectivity index (χ4v) is 5.07. The lowest BCUT2D eigenvalue weighted by Crippen LogP contribution is -2.33. The average molecular weight is 541 g/mol. The van der Waals surface area contributed by atoms with E-state index in [0.29, 0.717) is 18.1 Å². The van der Waals surface area contributed by atoms with Crippen molar-refractivity contribution in [3.8, 4) is 16.9 Å². The Morgan fingerprint density at radius 2 is 1.87 bits per heavy atom. The Bertz CT molecular complexity index is 1480. The van der Waals surface area contributed by atoms with Crippen molar-refractivity contribution < 1.29 is 27.1 Å². The number of fused-ring (bicyclic) bond motifs is 1. The Labute approximate surface area is 220 Å². The SMILES string of the molecule is CCNC(=O)Nc1ccc(-c2ccc3c(c2)CN(C(=O)c2ccc(S(C)(=O)=O)c(F)c2CC)CCO3)cn1. The van der Waals surface area contributed by atoms with E-state index in [4.69, 9.17) is 4.74 Å². The molecular formula is C27H29FN4O5S. The summed E-state index contributed by atoms with van der Waals surface area (Å²) in [5.74, 6) is -0.228. The van der Waals surface area contributed by atoms with E-state index in [9.17, 15) is 18.0 Å². The van der Waals surface area contributed by atoms with E-state index in [0.717, 1.165) is 29.0 Å². The van der Waals surface area contributed by atoms with Crippen molar-refractivity contribution in [1.82, 2.24) is 15.2 Å². The molecule has 38 heavy (non-hydrogen) atoms. The summed E-state index contributed by atoms with van der Waals surface area (Å²) in [6.07, 6.45) is 2.75. The van der Waals surface area contributed by atoms with Gasteiger partial charge in [0.1, 0.15) is 28.9 Å². The van der Waals surface area contributed by atoms with Crippen LogP contribution >= 0.6 is 0 Å². The van der Waals surface area contributed by atoms with E-state index in [2.05, 4.69) is 15.6 Å². The quantitative estimate of drug-likeness (QED) is 0.488. The Morgan fingerprint density at radius 1 is 1.11 bits per heavy atom. The number of carbonyl (C=O) groups excluding carboxylic acids is 2. The molecule has 0 radical (unpaired) electrons. The summed E-state index contributed by atoms with van der Waals surface area (Å²) in [6.45, 7) is 4.77. The Balaban J connectivity index is 1.59. The molecule has 0 saturated carbocycles. The molecule has 2 N–H and O–H groups in total. The van der Waals surface area contributed by atoms with Gasteiger partial charge < -0.3 is 15.0 Å². The molecule has 0 saturated heterocycles. The molecule has 0 fully saturated rings. The Kier molecular flexibility index (Phi) is 7.96. The van der Waals surface area contributed by atoms with Crippen molar-refractivity contribution in [3.63, 3.8) is 0 Å². The summed E-state index contributed by atoms with van der Waals surface area (Å²) < 4.78 is 44.8. The summed E-state index contributed by atoms with van der Waals surface area (Å²) in [5, 5.41) is 5.29.